The third kappa shape index (κ3) is 4.56. The standard InChI is InChI=1S/C34H24N2O4/c37-31-27(33(39)35-23-13-3-1-4-14-23)19-21-11-7-9-17-25(21)29(31)30-26-18-10-8-12-22(26)20-28(32(30)38)34(40)36-24-15-5-2-6-16-24/h1-20,29-30H,(H,35,39)(H,36,40). The van der Waals surface area contributed by atoms with Crippen molar-refractivity contribution in [1.29, 1.82) is 0 Å². The maximum Gasteiger partial charge on any atom is 0.259 e. The number of fused-ring (bicyclic) bond motifs is 2. The molecule has 0 heterocycles. The van der Waals surface area contributed by atoms with Gasteiger partial charge in [-0.1, -0.05) is 84.9 Å². The highest BCUT2D eigenvalue weighted by Gasteiger charge is 2.45. The van der Waals surface area contributed by atoms with Gasteiger partial charge in [-0.15, -0.1) is 0 Å². The number of hydrogen-bond donors (Lipinski definition) is 2. The number of amides is 2. The summed E-state index contributed by atoms with van der Waals surface area (Å²) in [5.74, 6) is -4.01. The van der Waals surface area contributed by atoms with Crippen molar-refractivity contribution >= 4 is 46.9 Å². The number of ketones is 2. The first-order valence-corrected chi connectivity index (χ1v) is 12.9. The first-order valence-electron chi connectivity index (χ1n) is 12.9. The number of Topliss-reactive ketones (excluding diaryl/α,β-unsaturated/α-hetero) is 2. The van der Waals surface area contributed by atoms with Gasteiger partial charge < -0.3 is 10.6 Å². The van der Waals surface area contributed by atoms with Gasteiger partial charge in [-0.2, -0.15) is 0 Å². The van der Waals surface area contributed by atoms with E-state index < -0.39 is 35.2 Å². The fourth-order valence-corrected chi connectivity index (χ4v) is 5.38. The minimum Gasteiger partial charge on any atom is -0.322 e. The van der Waals surface area contributed by atoms with E-state index in [9.17, 15) is 19.2 Å². The molecule has 0 aromatic heterocycles. The van der Waals surface area contributed by atoms with E-state index in [0.29, 0.717) is 33.6 Å². The molecular weight excluding hydrogens is 500 g/mol. The van der Waals surface area contributed by atoms with Crippen molar-refractivity contribution in [3.05, 3.63) is 143 Å². The normalized spacial score (nSPS) is 17.6. The van der Waals surface area contributed by atoms with Crippen LogP contribution in [0.5, 0.6) is 0 Å². The Morgan fingerprint density at radius 2 is 0.825 bits per heavy atom. The lowest BCUT2D eigenvalue weighted by Gasteiger charge is -2.33. The highest BCUT2D eigenvalue weighted by atomic mass is 16.2. The van der Waals surface area contributed by atoms with Crippen LogP contribution in [0.15, 0.2) is 120 Å². The average Bonchev–Trinajstić information content (AvgIpc) is 2.98. The van der Waals surface area contributed by atoms with Gasteiger partial charge in [0.2, 0.25) is 0 Å². The van der Waals surface area contributed by atoms with E-state index in [2.05, 4.69) is 10.6 Å². The molecule has 2 unspecified atom stereocenters. The van der Waals surface area contributed by atoms with E-state index in [1.165, 1.54) is 0 Å². The lowest BCUT2D eigenvalue weighted by atomic mass is 9.67. The number of para-hydroxylation sites is 2. The lowest BCUT2D eigenvalue weighted by Crippen LogP contribution is -2.37. The molecule has 6 rings (SSSR count). The maximum absolute atomic E-state index is 14.1. The van der Waals surface area contributed by atoms with Gasteiger partial charge in [0.25, 0.3) is 11.8 Å². The summed E-state index contributed by atoms with van der Waals surface area (Å²) in [7, 11) is 0. The first kappa shape index (κ1) is 24.9. The van der Waals surface area contributed by atoms with Crippen LogP contribution in [-0.4, -0.2) is 23.4 Å². The summed E-state index contributed by atoms with van der Waals surface area (Å²) in [5, 5.41) is 5.59. The van der Waals surface area contributed by atoms with Crippen molar-refractivity contribution in [2.24, 2.45) is 0 Å². The van der Waals surface area contributed by atoms with Crippen LogP contribution >= 0.6 is 0 Å². The molecule has 2 atom stereocenters. The molecule has 6 nitrogen and oxygen atoms in total. The van der Waals surface area contributed by atoms with Gasteiger partial charge in [0.15, 0.2) is 11.6 Å². The number of nitrogens with one attached hydrogen (secondary N) is 2. The summed E-state index contributed by atoms with van der Waals surface area (Å²) in [6.45, 7) is 0. The van der Waals surface area contributed by atoms with Crippen LogP contribution < -0.4 is 10.6 Å². The van der Waals surface area contributed by atoms with Crippen LogP contribution in [0.3, 0.4) is 0 Å². The second kappa shape index (κ2) is 10.4. The second-order valence-electron chi connectivity index (χ2n) is 9.70. The van der Waals surface area contributed by atoms with Gasteiger partial charge in [0.05, 0.1) is 23.0 Å². The molecule has 40 heavy (non-hydrogen) atoms. The summed E-state index contributed by atoms with van der Waals surface area (Å²) >= 11 is 0. The third-order valence-corrected chi connectivity index (χ3v) is 7.24. The van der Waals surface area contributed by atoms with Gasteiger partial charge in [-0.25, -0.2) is 0 Å². The zero-order chi connectivity index (χ0) is 27.6. The number of hydrogen-bond acceptors (Lipinski definition) is 4. The Labute approximate surface area is 231 Å². The van der Waals surface area contributed by atoms with Crippen LogP contribution in [-0.2, 0) is 19.2 Å². The summed E-state index contributed by atoms with van der Waals surface area (Å²) in [6.07, 6.45) is 3.15. The minimum atomic E-state index is -0.986. The number of carbonyl (C=O) groups excluding carboxylic acids is 4. The molecule has 0 bridgehead atoms. The smallest absolute Gasteiger partial charge is 0.259 e. The molecule has 0 saturated carbocycles. The van der Waals surface area contributed by atoms with Gasteiger partial charge >= 0.3 is 0 Å². The van der Waals surface area contributed by atoms with E-state index in [1.807, 2.05) is 36.4 Å². The number of rotatable bonds is 5. The zero-order valence-corrected chi connectivity index (χ0v) is 21.3. The molecule has 194 valence electrons. The molecule has 0 spiro atoms. The Hall–Kier alpha value is -5.36. The molecular formula is C34H24N2O4. The fraction of sp³-hybridized carbons (Fsp3) is 0.0588. The second-order valence-corrected chi connectivity index (χ2v) is 9.70. The van der Waals surface area contributed by atoms with Crippen LogP contribution in [0.1, 0.15) is 34.1 Å². The van der Waals surface area contributed by atoms with Crippen molar-refractivity contribution in [3.8, 4) is 0 Å². The SMILES string of the molecule is O=C(Nc1ccccc1)C1=Cc2ccccc2C(C2C(=O)C(C(=O)Nc3ccccc3)=Cc3ccccc32)C1=O. The van der Waals surface area contributed by atoms with Gasteiger partial charge in [0.1, 0.15) is 0 Å². The van der Waals surface area contributed by atoms with Crippen LogP contribution in [0.2, 0.25) is 0 Å². The zero-order valence-electron chi connectivity index (χ0n) is 21.3. The molecule has 4 aromatic rings. The highest BCUT2D eigenvalue weighted by molar-refractivity contribution is 6.33. The molecule has 2 N–H and O–H groups in total. The van der Waals surface area contributed by atoms with Crippen LogP contribution in [0.4, 0.5) is 11.4 Å². The number of anilines is 2. The predicted molar refractivity (Wildman–Crippen MR) is 154 cm³/mol. The third-order valence-electron chi connectivity index (χ3n) is 7.24. The van der Waals surface area contributed by atoms with Gasteiger partial charge in [0, 0.05) is 11.4 Å². The first-order chi connectivity index (χ1) is 19.5. The summed E-state index contributed by atoms with van der Waals surface area (Å²) in [6, 6.07) is 32.3. The molecule has 4 aromatic carbocycles. The molecule has 0 radical (unpaired) electrons. The number of benzene rings is 4. The van der Waals surface area contributed by atoms with Crippen LogP contribution in [0, 0.1) is 0 Å². The van der Waals surface area contributed by atoms with E-state index in [0.717, 1.165) is 0 Å². The largest absolute Gasteiger partial charge is 0.322 e. The quantitative estimate of drug-likeness (QED) is 0.325. The van der Waals surface area contributed by atoms with Crippen molar-refractivity contribution in [2.45, 2.75) is 11.8 Å². The number of carbonyl (C=O) groups is 4. The summed E-state index contributed by atoms with van der Waals surface area (Å²) in [4.78, 5) is 55.0. The Balaban J connectivity index is 1.42. The average molecular weight is 525 g/mol. The lowest BCUT2D eigenvalue weighted by molar-refractivity contribution is -0.126. The molecule has 2 amide bonds. The van der Waals surface area contributed by atoms with Gasteiger partial charge in [-0.3, -0.25) is 19.2 Å². The minimum absolute atomic E-state index is 0.0392. The predicted octanol–water partition coefficient (Wildman–Crippen LogP) is 5.76. The maximum atomic E-state index is 14.1. The van der Waals surface area contributed by atoms with E-state index in [1.54, 1.807) is 84.9 Å². The van der Waals surface area contributed by atoms with Crippen molar-refractivity contribution in [1.82, 2.24) is 0 Å². The topological polar surface area (TPSA) is 92.3 Å². The molecule has 6 heteroatoms. The molecule has 2 aliphatic rings. The van der Waals surface area contributed by atoms with E-state index >= 15 is 0 Å². The Kier molecular flexibility index (Phi) is 6.50. The van der Waals surface area contributed by atoms with Crippen molar-refractivity contribution < 1.29 is 19.2 Å². The Bertz CT molecular complexity index is 1590. The van der Waals surface area contributed by atoms with E-state index in [-0.39, 0.29) is 11.1 Å². The van der Waals surface area contributed by atoms with Gasteiger partial charge in [-0.05, 0) is 58.7 Å². The van der Waals surface area contributed by atoms with Crippen molar-refractivity contribution in [2.75, 3.05) is 10.6 Å². The summed E-state index contributed by atoms with van der Waals surface area (Å²) < 4.78 is 0. The molecule has 0 fully saturated rings. The molecule has 0 aliphatic heterocycles. The Morgan fingerprint density at radius 1 is 0.475 bits per heavy atom. The highest BCUT2D eigenvalue weighted by Crippen LogP contribution is 2.45. The fourth-order valence-electron chi connectivity index (χ4n) is 5.38. The molecule has 2 aliphatic carbocycles. The van der Waals surface area contributed by atoms with Crippen molar-refractivity contribution in [3.63, 3.8) is 0 Å². The molecule has 0 saturated heterocycles. The van der Waals surface area contributed by atoms with Crippen LogP contribution in [0.25, 0.3) is 12.2 Å². The van der Waals surface area contributed by atoms with E-state index in [4.69, 9.17) is 0 Å². The summed E-state index contributed by atoms with van der Waals surface area (Å²) in [5.41, 5.74) is 3.67. The Morgan fingerprint density at radius 3 is 1.23 bits per heavy atom. The monoisotopic (exact) mass is 524 g/mol.